The SMILES string of the molecule is Oc1ccc(CNc2nc(OCc3ccc(F)cc3)ncc2F)cc1. The molecule has 2 N–H and O–H groups in total. The minimum Gasteiger partial charge on any atom is -0.508 e. The maximum Gasteiger partial charge on any atom is 0.318 e. The minimum absolute atomic E-state index is 0.0113. The van der Waals surface area contributed by atoms with E-state index in [1.165, 1.54) is 12.1 Å². The number of aromatic nitrogens is 2. The van der Waals surface area contributed by atoms with Gasteiger partial charge in [0.05, 0.1) is 6.20 Å². The lowest BCUT2D eigenvalue weighted by Crippen LogP contribution is -2.07. The molecule has 0 aliphatic rings. The lowest BCUT2D eigenvalue weighted by molar-refractivity contribution is 0.279. The van der Waals surface area contributed by atoms with Gasteiger partial charge in [-0.1, -0.05) is 24.3 Å². The number of phenolic OH excluding ortho intramolecular Hbond substituents is 1. The second-order valence-corrected chi connectivity index (χ2v) is 5.28. The minimum atomic E-state index is -0.604. The Kier molecular flexibility index (Phi) is 5.03. The van der Waals surface area contributed by atoms with Gasteiger partial charge in [-0.3, -0.25) is 0 Å². The molecule has 0 bridgehead atoms. The van der Waals surface area contributed by atoms with E-state index < -0.39 is 5.82 Å². The highest BCUT2D eigenvalue weighted by atomic mass is 19.1. The standard InChI is InChI=1S/C18H15F2N3O2/c19-14-5-1-13(2-6-14)11-25-18-22-10-16(20)17(23-18)21-9-12-3-7-15(24)8-4-12/h1-8,10,24H,9,11H2,(H,21,22,23). The Morgan fingerprint density at radius 1 is 0.960 bits per heavy atom. The van der Waals surface area contributed by atoms with Gasteiger partial charge in [-0.05, 0) is 35.4 Å². The Morgan fingerprint density at radius 3 is 2.36 bits per heavy atom. The van der Waals surface area contributed by atoms with Gasteiger partial charge in [0.15, 0.2) is 11.6 Å². The van der Waals surface area contributed by atoms with E-state index in [9.17, 15) is 13.9 Å². The van der Waals surface area contributed by atoms with E-state index in [1.54, 1.807) is 36.4 Å². The monoisotopic (exact) mass is 343 g/mol. The van der Waals surface area contributed by atoms with Crippen LogP contribution in [0.3, 0.4) is 0 Å². The molecule has 0 saturated heterocycles. The van der Waals surface area contributed by atoms with Crippen LogP contribution in [-0.4, -0.2) is 15.1 Å². The van der Waals surface area contributed by atoms with E-state index in [2.05, 4.69) is 15.3 Å². The number of rotatable bonds is 6. The number of hydrogen-bond acceptors (Lipinski definition) is 5. The van der Waals surface area contributed by atoms with Crippen LogP contribution >= 0.6 is 0 Å². The number of benzene rings is 2. The smallest absolute Gasteiger partial charge is 0.318 e. The zero-order chi connectivity index (χ0) is 17.6. The highest BCUT2D eigenvalue weighted by molar-refractivity contribution is 5.38. The van der Waals surface area contributed by atoms with Gasteiger partial charge in [0, 0.05) is 6.54 Å². The first-order chi connectivity index (χ1) is 12.1. The first-order valence-corrected chi connectivity index (χ1v) is 7.52. The molecule has 5 nitrogen and oxygen atoms in total. The summed E-state index contributed by atoms with van der Waals surface area (Å²) in [6, 6.07) is 12.4. The number of hydrogen-bond donors (Lipinski definition) is 2. The molecule has 2 aromatic carbocycles. The van der Waals surface area contributed by atoms with E-state index in [0.717, 1.165) is 17.3 Å². The number of nitrogens with one attached hydrogen (secondary N) is 1. The number of ether oxygens (including phenoxy) is 1. The summed E-state index contributed by atoms with van der Waals surface area (Å²) in [6.45, 7) is 0.467. The molecule has 128 valence electrons. The number of halogens is 2. The van der Waals surface area contributed by atoms with E-state index >= 15 is 0 Å². The van der Waals surface area contributed by atoms with Crippen LogP contribution in [0.25, 0.3) is 0 Å². The molecule has 3 rings (SSSR count). The summed E-state index contributed by atoms with van der Waals surface area (Å²) in [6.07, 6.45) is 1.02. The van der Waals surface area contributed by atoms with Crippen LogP contribution in [0.1, 0.15) is 11.1 Å². The maximum atomic E-state index is 13.8. The molecule has 0 atom stereocenters. The zero-order valence-corrected chi connectivity index (χ0v) is 13.1. The molecule has 7 heteroatoms. The molecule has 0 radical (unpaired) electrons. The van der Waals surface area contributed by atoms with Crippen molar-refractivity contribution >= 4 is 5.82 Å². The fourth-order valence-electron chi connectivity index (χ4n) is 2.07. The van der Waals surface area contributed by atoms with Crippen molar-refractivity contribution in [2.24, 2.45) is 0 Å². The number of phenols is 1. The predicted octanol–water partition coefficient (Wildman–Crippen LogP) is 3.65. The average Bonchev–Trinajstić information content (AvgIpc) is 2.62. The summed E-state index contributed by atoms with van der Waals surface area (Å²) in [5.41, 5.74) is 1.59. The fraction of sp³-hybridized carbons (Fsp3) is 0.111. The Labute approximate surface area is 143 Å². The van der Waals surface area contributed by atoms with E-state index in [1.807, 2.05) is 0 Å². The second kappa shape index (κ2) is 7.57. The van der Waals surface area contributed by atoms with Crippen molar-refractivity contribution in [2.45, 2.75) is 13.2 Å². The lowest BCUT2D eigenvalue weighted by atomic mass is 10.2. The summed E-state index contributed by atoms with van der Waals surface area (Å²) < 4.78 is 32.1. The van der Waals surface area contributed by atoms with Crippen LogP contribution in [0.5, 0.6) is 11.8 Å². The Morgan fingerprint density at radius 2 is 1.64 bits per heavy atom. The fourth-order valence-corrected chi connectivity index (χ4v) is 2.07. The summed E-state index contributed by atoms with van der Waals surface area (Å²) in [5.74, 6) is -0.763. The molecule has 1 heterocycles. The summed E-state index contributed by atoms with van der Waals surface area (Å²) in [4.78, 5) is 7.78. The maximum absolute atomic E-state index is 13.8. The van der Waals surface area contributed by atoms with Crippen molar-refractivity contribution in [3.63, 3.8) is 0 Å². The van der Waals surface area contributed by atoms with Crippen LogP contribution in [0.15, 0.2) is 54.7 Å². The van der Waals surface area contributed by atoms with E-state index in [-0.39, 0.29) is 30.0 Å². The highest BCUT2D eigenvalue weighted by Gasteiger charge is 2.08. The molecular formula is C18H15F2N3O2. The molecule has 0 saturated carbocycles. The third-order valence-electron chi connectivity index (χ3n) is 3.40. The van der Waals surface area contributed by atoms with Crippen LogP contribution in [0, 0.1) is 11.6 Å². The van der Waals surface area contributed by atoms with Gasteiger partial charge in [0.25, 0.3) is 0 Å². The third kappa shape index (κ3) is 4.63. The first kappa shape index (κ1) is 16.6. The largest absolute Gasteiger partial charge is 0.508 e. The van der Waals surface area contributed by atoms with E-state index in [0.29, 0.717) is 6.54 Å². The summed E-state index contributed by atoms with van der Waals surface area (Å²) >= 11 is 0. The molecule has 0 fully saturated rings. The predicted molar refractivity (Wildman–Crippen MR) is 88.2 cm³/mol. The van der Waals surface area contributed by atoms with Crippen molar-refractivity contribution in [1.29, 1.82) is 0 Å². The number of aromatic hydroxyl groups is 1. The summed E-state index contributed by atoms with van der Waals surface area (Å²) in [5, 5.41) is 12.1. The molecule has 1 aromatic heterocycles. The molecule has 3 aromatic rings. The zero-order valence-electron chi connectivity index (χ0n) is 13.1. The average molecular weight is 343 g/mol. The molecular weight excluding hydrogens is 328 g/mol. The van der Waals surface area contributed by atoms with Crippen LogP contribution in [0.2, 0.25) is 0 Å². The van der Waals surface area contributed by atoms with Gasteiger partial charge in [0.1, 0.15) is 18.2 Å². The van der Waals surface area contributed by atoms with E-state index in [4.69, 9.17) is 4.74 Å². The molecule has 0 spiro atoms. The second-order valence-electron chi connectivity index (χ2n) is 5.28. The normalized spacial score (nSPS) is 10.5. The van der Waals surface area contributed by atoms with Crippen molar-refractivity contribution in [3.05, 3.63) is 77.5 Å². The van der Waals surface area contributed by atoms with Gasteiger partial charge in [0.2, 0.25) is 0 Å². The van der Waals surface area contributed by atoms with Crippen LogP contribution in [-0.2, 0) is 13.2 Å². The van der Waals surface area contributed by atoms with Crippen molar-refractivity contribution in [2.75, 3.05) is 5.32 Å². The quantitative estimate of drug-likeness (QED) is 0.715. The van der Waals surface area contributed by atoms with Gasteiger partial charge in [-0.25, -0.2) is 13.8 Å². The van der Waals surface area contributed by atoms with Gasteiger partial charge < -0.3 is 15.2 Å². The summed E-state index contributed by atoms with van der Waals surface area (Å²) in [7, 11) is 0. The van der Waals surface area contributed by atoms with Gasteiger partial charge in [-0.15, -0.1) is 0 Å². The Bertz CT molecular complexity index is 840. The highest BCUT2D eigenvalue weighted by Crippen LogP contribution is 2.16. The van der Waals surface area contributed by atoms with Crippen molar-refractivity contribution in [1.82, 2.24) is 9.97 Å². The topological polar surface area (TPSA) is 67.3 Å². The van der Waals surface area contributed by atoms with Crippen LogP contribution < -0.4 is 10.1 Å². The van der Waals surface area contributed by atoms with Crippen molar-refractivity contribution < 1.29 is 18.6 Å². The van der Waals surface area contributed by atoms with Crippen LogP contribution in [0.4, 0.5) is 14.6 Å². The molecule has 0 unspecified atom stereocenters. The number of anilines is 1. The molecule has 0 aliphatic carbocycles. The molecule has 0 amide bonds. The van der Waals surface area contributed by atoms with Gasteiger partial charge in [-0.2, -0.15) is 4.98 Å². The third-order valence-corrected chi connectivity index (χ3v) is 3.40. The molecule has 25 heavy (non-hydrogen) atoms. The number of nitrogens with zero attached hydrogens (tertiary/aromatic N) is 2. The lowest BCUT2D eigenvalue weighted by Gasteiger charge is -2.09. The first-order valence-electron chi connectivity index (χ1n) is 7.52. The van der Waals surface area contributed by atoms with Gasteiger partial charge >= 0.3 is 6.01 Å². The molecule has 0 aliphatic heterocycles. The van der Waals surface area contributed by atoms with Crippen molar-refractivity contribution in [3.8, 4) is 11.8 Å². The Balaban J connectivity index is 1.63. The Hall–Kier alpha value is -3.22.